The van der Waals surface area contributed by atoms with Crippen LogP contribution in [0.25, 0.3) is 11.0 Å². The van der Waals surface area contributed by atoms with Gasteiger partial charge in [0, 0.05) is 14.7 Å². The molecule has 0 saturated heterocycles. The van der Waals surface area contributed by atoms with Gasteiger partial charge in [-0.05, 0) is 24.6 Å². The minimum Gasteiger partial charge on any atom is -0.383 e. The van der Waals surface area contributed by atoms with Crippen molar-refractivity contribution in [2.75, 3.05) is 12.3 Å². The monoisotopic (exact) mass is 330 g/mol. The molecule has 2 rings (SSSR count). The average Bonchev–Trinajstić information content (AvgIpc) is 2.57. The van der Waals surface area contributed by atoms with Crippen molar-refractivity contribution in [3.05, 3.63) is 16.8 Å². The van der Waals surface area contributed by atoms with Crippen LogP contribution in [0.3, 0.4) is 0 Å². The van der Waals surface area contributed by atoms with Crippen molar-refractivity contribution >= 4 is 36.5 Å². The van der Waals surface area contributed by atoms with E-state index in [9.17, 15) is 4.39 Å². The van der Waals surface area contributed by atoms with E-state index >= 15 is 0 Å². The largest absolute Gasteiger partial charge is 0.383 e. The number of anilines is 1. The quantitative estimate of drug-likeness (QED) is 0.518. The lowest BCUT2D eigenvalue weighted by molar-refractivity contribution is 0.0882. The fraction of sp³-hybridized carbons (Fsp3) is 0.538. The number of nitrogens with zero attached hydrogens (tertiary/aromatic N) is 3. The van der Waals surface area contributed by atoms with Crippen molar-refractivity contribution < 1.29 is 9.13 Å². The minimum absolute atomic E-state index is 0.000786. The highest BCUT2D eigenvalue weighted by Gasteiger charge is 2.20. The molecule has 0 bridgehead atoms. The Balaban J connectivity index is 2.26. The Labute approximate surface area is 129 Å². The van der Waals surface area contributed by atoms with Gasteiger partial charge in [0.2, 0.25) is 5.28 Å². The van der Waals surface area contributed by atoms with Gasteiger partial charge in [-0.15, -0.1) is 0 Å². The summed E-state index contributed by atoms with van der Waals surface area (Å²) in [6.45, 7) is 9.36. The zero-order valence-corrected chi connectivity index (χ0v) is 14.5. The van der Waals surface area contributed by atoms with Gasteiger partial charge in [-0.25, -0.2) is 9.37 Å². The molecule has 0 aliphatic rings. The summed E-state index contributed by atoms with van der Waals surface area (Å²) in [5.74, 6) is -0.376. The second-order valence-corrected chi connectivity index (χ2v) is 12.2. The molecule has 0 saturated carbocycles. The molecule has 0 radical (unpaired) electrons. The fourth-order valence-corrected chi connectivity index (χ4v) is 2.92. The number of aromatic nitrogens is 3. The van der Waals surface area contributed by atoms with Gasteiger partial charge in [0.25, 0.3) is 0 Å². The van der Waals surface area contributed by atoms with E-state index in [0.29, 0.717) is 17.9 Å². The SMILES string of the molecule is Cc1c(F)c2c(N)nc(Cl)nc2n1COCC[Si](C)(C)C. The van der Waals surface area contributed by atoms with E-state index in [0.717, 1.165) is 6.04 Å². The third-order valence-corrected chi connectivity index (χ3v) is 5.18. The highest BCUT2D eigenvalue weighted by molar-refractivity contribution is 6.76. The zero-order chi connectivity index (χ0) is 15.8. The van der Waals surface area contributed by atoms with Crippen LogP contribution < -0.4 is 5.73 Å². The van der Waals surface area contributed by atoms with Gasteiger partial charge in [-0.1, -0.05) is 19.6 Å². The maximum atomic E-state index is 14.2. The molecular weight excluding hydrogens is 311 g/mol. The van der Waals surface area contributed by atoms with E-state index in [1.54, 1.807) is 11.5 Å². The molecule has 8 heteroatoms. The lowest BCUT2D eigenvalue weighted by atomic mass is 10.3. The molecule has 0 spiro atoms. The summed E-state index contributed by atoms with van der Waals surface area (Å²) in [5, 5.41) is 0.201. The van der Waals surface area contributed by atoms with Crippen LogP contribution >= 0.6 is 11.6 Å². The summed E-state index contributed by atoms with van der Waals surface area (Å²) in [4.78, 5) is 7.86. The van der Waals surface area contributed by atoms with E-state index in [1.165, 1.54) is 0 Å². The first-order chi connectivity index (χ1) is 9.70. The first-order valence-electron chi connectivity index (χ1n) is 6.76. The van der Waals surface area contributed by atoms with E-state index < -0.39 is 13.9 Å². The van der Waals surface area contributed by atoms with Crippen LogP contribution in [0, 0.1) is 12.7 Å². The molecule has 2 N–H and O–H groups in total. The Kier molecular flexibility index (Phi) is 4.55. The van der Waals surface area contributed by atoms with Gasteiger partial charge in [0.1, 0.15) is 12.5 Å². The van der Waals surface area contributed by atoms with Gasteiger partial charge in [0.05, 0.1) is 11.1 Å². The second kappa shape index (κ2) is 5.90. The molecule has 2 aromatic heterocycles. The highest BCUT2D eigenvalue weighted by Crippen LogP contribution is 2.28. The van der Waals surface area contributed by atoms with Crippen LogP contribution in [0.2, 0.25) is 31.0 Å². The smallest absolute Gasteiger partial charge is 0.226 e. The van der Waals surface area contributed by atoms with E-state index in [2.05, 4.69) is 29.6 Å². The lowest BCUT2D eigenvalue weighted by Gasteiger charge is -2.16. The Morgan fingerprint density at radius 3 is 2.62 bits per heavy atom. The summed E-state index contributed by atoms with van der Waals surface area (Å²) >= 11 is 5.81. The first-order valence-corrected chi connectivity index (χ1v) is 10.8. The van der Waals surface area contributed by atoms with Crippen LogP contribution in [0.5, 0.6) is 0 Å². The van der Waals surface area contributed by atoms with Crippen molar-refractivity contribution in [1.29, 1.82) is 0 Å². The van der Waals surface area contributed by atoms with Crippen LogP contribution in [0.4, 0.5) is 10.2 Å². The molecular formula is C13H20ClFN4OSi. The minimum atomic E-state index is -1.15. The molecule has 0 aromatic carbocycles. The highest BCUT2D eigenvalue weighted by atomic mass is 35.5. The second-order valence-electron chi connectivity index (χ2n) is 6.25. The molecule has 116 valence electrons. The number of hydrogen-bond acceptors (Lipinski definition) is 4. The molecule has 0 aliphatic carbocycles. The molecule has 0 atom stereocenters. The summed E-state index contributed by atoms with van der Waals surface area (Å²) < 4.78 is 21.5. The summed E-state index contributed by atoms with van der Waals surface area (Å²) in [7, 11) is -1.15. The molecule has 21 heavy (non-hydrogen) atoms. The summed E-state index contributed by atoms with van der Waals surface area (Å²) in [6, 6.07) is 1.05. The maximum absolute atomic E-state index is 14.2. The number of hydrogen-bond donors (Lipinski definition) is 1. The molecule has 5 nitrogen and oxygen atoms in total. The summed E-state index contributed by atoms with van der Waals surface area (Å²) in [5.41, 5.74) is 6.52. The van der Waals surface area contributed by atoms with Crippen LogP contribution in [-0.4, -0.2) is 29.2 Å². The Morgan fingerprint density at radius 1 is 1.33 bits per heavy atom. The Bertz CT molecular complexity index is 668. The molecule has 2 heterocycles. The van der Waals surface area contributed by atoms with Gasteiger partial charge < -0.3 is 15.0 Å². The normalized spacial score (nSPS) is 12.3. The predicted octanol–water partition coefficient (Wildman–Crippen LogP) is 3.43. The number of nitrogens with two attached hydrogens (primary N) is 1. The topological polar surface area (TPSA) is 66.0 Å². The van der Waals surface area contributed by atoms with Crippen molar-refractivity contribution in [1.82, 2.24) is 14.5 Å². The third-order valence-electron chi connectivity index (χ3n) is 3.31. The molecule has 2 aromatic rings. The molecule has 0 aliphatic heterocycles. The predicted molar refractivity (Wildman–Crippen MR) is 85.8 cm³/mol. The first kappa shape index (κ1) is 16.2. The molecule has 0 amide bonds. The molecule has 0 unspecified atom stereocenters. The van der Waals surface area contributed by atoms with Crippen molar-refractivity contribution in [2.24, 2.45) is 0 Å². The number of rotatable bonds is 5. The number of fused-ring (bicyclic) bond motifs is 1. The van der Waals surface area contributed by atoms with Crippen LogP contribution in [0.1, 0.15) is 5.69 Å². The van der Waals surface area contributed by atoms with Crippen molar-refractivity contribution in [3.63, 3.8) is 0 Å². The van der Waals surface area contributed by atoms with Crippen molar-refractivity contribution in [3.8, 4) is 0 Å². The standard InChI is InChI=1S/C13H20ClFN4OSi/c1-8-10(15)9-11(16)17-13(14)18-12(9)19(8)7-20-5-6-21(2,3)4/h5-7H2,1-4H3,(H2,16,17,18). The zero-order valence-electron chi connectivity index (χ0n) is 12.7. The maximum Gasteiger partial charge on any atom is 0.226 e. The Morgan fingerprint density at radius 2 is 2.00 bits per heavy atom. The third kappa shape index (κ3) is 3.53. The molecule has 0 fully saturated rings. The lowest BCUT2D eigenvalue weighted by Crippen LogP contribution is -2.22. The Hall–Kier alpha value is -1.18. The van der Waals surface area contributed by atoms with Crippen LogP contribution in [0.15, 0.2) is 0 Å². The summed E-state index contributed by atoms with van der Waals surface area (Å²) in [6.07, 6.45) is 0. The van der Waals surface area contributed by atoms with E-state index in [4.69, 9.17) is 22.1 Å². The average molecular weight is 331 g/mol. The van der Waals surface area contributed by atoms with Gasteiger partial charge >= 0.3 is 0 Å². The van der Waals surface area contributed by atoms with Gasteiger partial charge in [-0.2, -0.15) is 4.98 Å². The van der Waals surface area contributed by atoms with E-state index in [1.807, 2.05) is 0 Å². The number of ether oxygens (including phenoxy) is 1. The van der Waals surface area contributed by atoms with Crippen molar-refractivity contribution in [2.45, 2.75) is 39.3 Å². The fourth-order valence-electron chi connectivity index (χ4n) is 1.99. The van der Waals surface area contributed by atoms with Crippen LogP contribution in [-0.2, 0) is 11.5 Å². The van der Waals surface area contributed by atoms with Gasteiger partial charge in [0.15, 0.2) is 11.5 Å². The van der Waals surface area contributed by atoms with Gasteiger partial charge in [-0.3, -0.25) is 0 Å². The number of halogens is 2. The van der Waals surface area contributed by atoms with E-state index in [-0.39, 0.29) is 23.2 Å². The number of nitrogen functional groups attached to an aromatic ring is 1.